The number of phenols is 1. The number of imide groups is 1. The number of benzene rings is 2. The van der Waals surface area contributed by atoms with E-state index in [0.29, 0.717) is 49.2 Å². The van der Waals surface area contributed by atoms with Gasteiger partial charge in [0.15, 0.2) is 17.3 Å². The number of nitrogens with two attached hydrogens (primary N) is 1. The second-order valence-electron chi connectivity index (χ2n) is 10.8. The Morgan fingerprint density at radius 2 is 1.73 bits per heavy atom. The first-order chi connectivity index (χ1) is 21.6. The molecule has 13 nitrogen and oxygen atoms in total. The van der Waals surface area contributed by atoms with Gasteiger partial charge in [0, 0.05) is 49.3 Å². The van der Waals surface area contributed by atoms with Crippen molar-refractivity contribution in [2.75, 3.05) is 25.5 Å². The number of imidazole rings is 1. The van der Waals surface area contributed by atoms with Crippen molar-refractivity contribution in [3.05, 3.63) is 65.5 Å². The highest BCUT2D eigenvalue weighted by Crippen LogP contribution is 2.43. The fourth-order valence-corrected chi connectivity index (χ4v) is 5.78. The topological polar surface area (TPSA) is 190 Å². The standard InChI is InChI=1S/C31H36N5O8P/c1-2-3-10-25-34-28-29(36(25)19-21-8-4-9-24(30(21)39)44-45(40,41)42)22-18-20(11-12-23(22)33-31(28)32)7-5-16-43-17-6-15-35-26(37)13-14-27(35)38/h4,8-9,11-14,18,39H,2-3,5-7,10,15-17,19H2,1H3,(H2,32,33)(H2,40,41,42). The van der Waals surface area contributed by atoms with Gasteiger partial charge in [0.05, 0.1) is 17.6 Å². The van der Waals surface area contributed by atoms with Gasteiger partial charge < -0.3 is 24.7 Å². The summed E-state index contributed by atoms with van der Waals surface area (Å²) in [6.07, 6.45) is 7.05. The number of para-hydroxylation sites is 1. The molecule has 0 saturated carbocycles. The number of carbonyl (C=O) groups excluding carboxylic acids is 2. The quantitative estimate of drug-likeness (QED) is 0.0837. The van der Waals surface area contributed by atoms with Crippen LogP contribution >= 0.6 is 7.82 Å². The fraction of sp³-hybridized carbons (Fsp3) is 0.355. The van der Waals surface area contributed by atoms with E-state index in [-0.39, 0.29) is 35.7 Å². The van der Waals surface area contributed by atoms with Gasteiger partial charge in [-0.3, -0.25) is 24.3 Å². The molecule has 5 N–H and O–H groups in total. The number of carbonyl (C=O) groups is 2. The van der Waals surface area contributed by atoms with E-state index in [1.54, 1.807) is 12.1 Å². The Morgan fingerprint density at radius 1 is 0.978 bits per heavy atom. The van der Waals surface area contributed by atoms with Crippen molar-refractivity contribution in [1.29, 1.82) is 0 Å². The van der Waals surface area contributed by atoms with Gasteiger partial charge in [-0.25, -0.2) is 14.5 Å². The van der Waals surface area contributed by atoms with Crippen molar-refractivity contribution in [2.24, 2.45) is 0 Å². The average molecular weight is 638 g/mol. The molecule has 4 aromatic rings. The summed E-state index contributed by atoms with van der Waals surface area (Å²) < 4.78 is 23.9. The molecule has 45 heavy (non-hydrogen) atoms. The Kier molecular flexibility index (Phi) is 9.83. The van der Waals surface area contributed by atoms with Crippen molar-refractivity contribution < 1.29 is 38.3 Å². The number of ether oxygens (including phenoxy) is 1. The molecular formula is C31H36N5O8P. The lowest BCUT2D eigenvalue weighted by atomic mass is 10.1. The number of phosphoric acid groups is 1. The lowest BCUT2D eigenvalue weighted by molar-refractivity contribution is -0.136. The predicted molar refractivity (Wildman–Crippen MR) is 168 cm³/mol. The number of unbranched alkanes of at least 4 members (excludes halogenated alkanes) is 1. The first kappa shape index (κ1) is 32.1. The number of nitrogen functional groups attached to an aromatic ring is 1. The number of aryl methyl sites for hydroxylation is 2. The number of aromatic nitrogens is 3. The molecule has 3 heterocycles. The largest absolute Gasteiger partial charge is 0.524 e. The highest BCUT2D eigenvalue weighted by atomic mass is 31.2. The van der Waals surface area contributed by atoms with Crippen molar-refractivity contribution in [3.63, 3.8) is 0 Å². The molecule has 0 spiro atoms. The van der Waals surface area contributed by atoms with E-state index in [1.807, 2.05) is 16.7 Å². The van der Waals surface area contributed by atoms with E-state index >= 15 is 0 Å². The molecule has 1 aliphatic rings. The number of anilines is 1. The van der Waals surface area contributed by atoms with Crippen LogP contribution in [0.1, 0.15) is 49.6 Å². The highest BCUT2D eigenvalue weighted by Gasteiger charge is 2.23. The molecule has 14 heteroatoms. The zero-order chi connectivity index (χ0) is 32.1. The lowest BCUT2D eigenvalue weighted by Gasteiger charge is -2.15. The molecule has 2 aromatic carbocycles. The number of phenolic OH excluding ortho intramolecular Hbond substituents is 1. The second-order valence-corrected chi connectivity index (χ2v) is 12.0. The third-order valence-corrected chi connectivity index (χ3v) is 7.99. The summed E-state index contributed by atoms with van der Waals surface area (Å²) in [5.41, 5.74) is 9.81. The molecule has 2 amide bonds. The first-order valence-electron chi connectivity index (χ1n) is 14.8. The van der Waals surface area contributed by atoms with E-state index in [0.717, 1.165) is 48.0 Å². The van der Waals surface area contributed by atoms with Gasteiger partial charge in [-0.1, -0.05) is 31.5 Å². The van der Waals surface area contributed by atoms with Crippen LogP contribution in [-0.2, 0) is 38.3 Å². The molecule has 0 saturated heterocycles. The molecule has 0 unspecified atom stereocenters. The minimum absolute atomic E-state index is 0.154. The second kappa shape index (κ2) is 13.8. The smallest absolute Gasteiger partial charge is 0.504 e. The van der Waals surface area contributed by atoms with Gasteiger partial charge in [-0.2, -0.15) is 0 Å². The number of fused-ring (bicyclic) bond motifs is 3. The molecule has 0 radical (unpaired) electrons. The van der Waals surface area contributed by atoms with Crippen molar-refractivity contribution in [3.8, 4) is 11.5 Å². The monoisotopic (exact) mass is 637 g/mol. The summed E-state index contributed by atoms with van der Waals surface area (Å²) in [5.74, 6) is -0.233. The summed E-state index contributed by atoms with van der Waals surface area (Å²) >= 11 is 0. The first-order valence-corrected chi connectivity index (χ1v) is 16.3. The van der Waals surface area contributed by atoms with Crippen LogP contribution in [0.5, 0.6) is 11.5 Å². The van der Waals surface area contributed by atoms with Crippen LogP contribution in [-0.4, -0.2) is 65.9 Å². The van der Waals surface area contributed by atoms with E-state index in [9.17, 15) is 29.0 Å². The number of nitrogens with zero attached hydrogens (tertiary/aromatic N) is 4. The molecule has 2 aromatic heterocycles. The van der Waals surface area contributed by atoms with Gasteiger partial charge in [0.1, 0.15) is 11.3 Å². The Labute approximate surface area is 259 Å². The fourth-order valence-electron chi connectivity index (χ4n) is 5.38. The molecule has 5 rings (SSSR count). The SMILES string of the molecule is CCCCc1nc2c(N)nc3ccc(CCCOCCCN4C(=O)C=CC4=O)cc3c2n1Cc1cccc(OP(=O)(O)O)c1O. The molecule has 1 aliphatic heterocycles. The van der Waals surface area contributed by atoms with Crippen LogP contribution in [0.2, 0.25) is 0 Å². The summed E-state index contributed by atoms with van der Waals surface area (Å²) in [5, 5.41) is 11.7. The van der Waals surface area contributed by atoms with Crippen LogP contribution in [0.3, 0.4) is 0 Å². The van der Waals surface area contributed by atoms with Crippen LogP contribution in [0.15, 0.2) is 48.6 Å². The number of phosphoric ester groups is 1. The third kappa shape index (κ3) is 7.51. The Balaban J connectivity index is 1.37. The van der Waals surface area contributed by atoms with E-state index in [4.69, 9.17) is 20.0 Å². The number of hydrogen-bond acceptors (Lipinski definition) is 9. The van der Waals surface area contributed by atoms with E-state index in [1.165, 1.54) is 23.1 Å². The molecule has 0 atom stereocenters. The maximum absolute atomic E-state index is 11.7. The van der Waals surface area contributed by atoms with Gasteiger partial charge in [0.2, 0.25) is 0 Å². The van der Waals surface area contributed by atoms with Crippen molar-refractivity contribution in [2.45, 2.75) is 52.0 Å². The summed E-state index contributed by atoms with van der Waals surface area (Å²) in [4.78, 5) is 52.5. The molecule has 238 valence electrons. The van der Waals surface area contributed by atoms with Crippen molar-refractivity contribution in [1.82, 2.24) is 19.4 Å². The summed E-state index contributed by atoms with van der Waals surface area (Å²) in [6, 6.07) is 10.5. The normalized spacial score (nSPS) is 13.5. The number of pyridine rings is 1. The molecule has 0 aliphatic carbocycles. The van der Waals surface area contributed by atoms with Crippen LogP contribution < -0.4 is 10.3 Å². The van der Waals surface area contributed by atoms with E-state index < -0.39 is 7.82 Å². The van der Waals surface area contributed by atoms with Gasteiger partial charge in [0.25, 0.3) is 11.8 Å². The minimum Gasteiger partial charge on any atom is -0.504 e. The van der Waals surface area contributed by atoms with Gasteiger partial charge in [-0.05, 0) is 49.4 Å². The Morgan fingerprint density at radius 3 is 2.47 bits per heavy atom. The van der Waals surface area contributed by atoms with Gasteiger partial charge >= 0.3 is 7.82 Å². The molecule has 0 fully saturated rings. The zero-order valence-corrected chi connectivity index (χ0v) is 25.8. The Bertz CT molecular complexity index is 1800. The third-order valence-electron chi connectivity index (χ3n) is 7.55. The van der Waals surface area contributed by atoms with Crippen LogP contribution in [0.25, 0.3) is 21.9 Å². The average Bonchev–Trinajstić information content (AvgIpc) is 3.52. The molecule has 0 bridgehead atoms. The highest BCUT2D eigenvalue weighted by molar-refractivity contribution is 7.46. The lowest BCUT2D eigenvalue weighted by Crippen LogP contribution is -2.31. The Hall–Kier alpha value is -4.29. The number of amides is 2. The van der Waals surface area contributed by atoms with Crippen LogP contribution in [0, 0.1) is 0 Å². The predicted octanol–water partition coefficient (Wildman–Crippen LogP) is 4.00. The van der Waals surface area contributed by atoms with Crippen molar-refractivity contribution >= 4 is 47.4 Å². The van der Waals surface area contributed by atoms with Crippen LogP contribution in [0.4, 0.5) is 5.82 Å². The summed E-state index contributed by atoms with van der Waals surface area (Å²) in [7, 11) is -4.88. The number of hydrogen-bond donors (Lipinski definition) is 4. The minimum atomic E-state index is -4.88. The maximum atomic E-state index is 11.7. The number of rotatable bonds is 15. The maximum Gasteiger partial charge on any atom is 0.524 e. The van der Waals surface area contributed by atoms with Gasteiger partial charge in [-0.15, -0.1) is 0 Å². The van der Waals surface area contributed by atoms with E-state index in [2.05, 4.69) is 18.0 Å². The zero-order valence-electron chi connectivity index (χ0n) is 24.9. The summed E-state index contributed by atoms with van der Waals surface area (Å²) in [6.45, 7) is 3.51. The molecular weight excluding hydrogens is 601 g/mol. The number of aromatic hydroxyl groups is 1.